The zero-order chi connectivity index (χ0) is 9.07. The van der Waals surface area contributed by atoms with Crippen LogP contribution in [0.3, 0.4) is 0 Å². The van der Waals surface area contributed by atoms with Gasteiger partial charge in [-0.05, 0) is 5.92 Å². The van der Waals surface area contributed by atoms with Crippen LogP contribution in [-0.2, 0) is 10.0 Å². The third-order valence-electron chi connectivity index (χ3n) is 1.31. The van der Waals surface area contributed by atoms with Crippen molar-refractivity contribution in [3.63, 3.8) is 0 Å². The van der Waals surface area contributed by atoms with E-state index in [9.17, 15) is 8.42 Å². The summed E-state index contributed by atoms with van der Waals surface area (Å²) in [7, 11) is -0.0125. The summed E-state index contributed by atoms with van der Waals surface area (Å²) in [5, 5.41) is 0. The minimum absolute atomic E-state index is 0.0177. The molecule has 0 aromatic heterocycles. The van der Waals surface area contributed by atoms with Gasteiger partial charge in [-0.3, -0.25) is 0 Å². The summed E-state index contributed by atoms with van der Waals surface area (Å²) in [6.45, 7) is 1.81. The van der Waals surface area contributed by atoms with Gasteiger partial charge in [0.05, 0.1) is 5.75 Å². The quantitative estimate of drug-likeness (QED) is 0.627. The molecule has 1 unspecified atom stereocenters. The molecule has 0 heterocycles. The number of sulfonamides is 1. The van der Waals surface area contributed by atoms with Crippen LogP contribution < -0.4 is 0 Å². The van der Waals surface area contributed by atoms with Crippen molar-refractivity contribution in [2.45, 2.75) is 6.92 Å². The fourth-order valence-electron chi connectivity index (χ4n) is 0.553. The van der Waals surface area contributed by atoms with Crippen molar-refractivity contribution in [1.29, 1.82) is 0 Å². The van der Waals surface area contributed by atoms with Gasteiger partial charge < -0.3 is 0 Å². The predicted octanol–water partition coefficient (Wildman–Crippen LogP) is 0.753. The monoisotopic (exact) mass is 199 g/mol. The molecule has 0 fully saturated rings. The Morgan fingerprint density at radius 2 is 1.91 bits per heavy atom. The van der Waals surface area contributed by atoms with Gasteiger partial charge in [0.15, 0.2) is 0 Å². The number of nitrogens with zero attached hydrogens (tertiary/aromatic N) is 1. The SMILES string of the molecule is CC(CCl)CS(=O)(=O)N(C)C. The molecule has 0 radical (unpaired) electrons. The first-order valence-electron chi connectivity index (χ1n) is 3.36. The van der Waals surface area contributed by atoms with Gasteiger partial charge in [0.1, 0.15) is 0 Å². The largest absolute Gasteiger partial charge is 0.213 e. The molecule has 3 nitrogen and oxygen atoms in total. The Kier molecular flexibility index (Phi) is 4.36. The summed E-state index contributed by atoms with van der Waals surface area (Å²) < 4.78 is 23.6. The molecule has 0 bridgehead atoms. The van der Waals surface area contributed by atoms with E-state index in [-0.39, 0.29) is 11.7 Å². The van der Waals surface area contributed by atoms with E-state index in [1.807, 2.05) is 6.92 Å². The Balaban J connectivity index is 4.15. The number of hydrogen-bond donors (Lipinski definition) is 0. The molecule has 0 aromatic rings. The molecule has 0 aliphatic carbocycles. The van der Waals surface area contributed by atoms with E-state index in [4.69, 9.17) is 11.6 Å². The lowest BCUT2D eigenvalue weighted by Gasteiger charge is -2.13. The highest BCUT2D eigenvalue weighted by molar-refractivity contribution is 7.89. The lowest BCUT2D eigenvalue weighted by atomic mass is 10.3. The van der Waals surface area contributed by atoms with Crippen LogP contribution >= 0.6 is 11.6 Å². The third kappa shape index (κ3) is 3.94. The standard InChI is InChI=1S/C6H14ClNO2S/c1-6(4-7)5-11(9,10)8(2)3/h6H,4-5H2,1-3H3. The number of hydrogen-bond acceptors (Lipinski definition) is 2. The maximum Gasteiger partial charge on any atom is 0.213 e. The van der Waals surface area contributed by atoms with Gasteiger partial charge in [-0.1, -0.05) is 6.92 Å². The first-order chi connectivity index (χ1) is 4.90. The number of rotatable bonds is 4. The minimum Gasteiger partial charge on any atom is -0.212 e. The average Bonchev–Trinajstić information content (AvgIpc) is 1.86. The van der Waals surface area contributed by atoms with E-state index < -0.39 is 10.0 Å². The van der Waals surface area contributed by atoms with Gasteiger partial charge in [0.2, 0.25) is 10.0 Å². The van der Waals surface area contributed by atoms with Crippen LogP contribution in [0.1, 0.15) is 6.92 Å². The first kappa shape index (κ1) is 11.2. The zero-order valence-electron chi connectivity index (χ0n) is 7.04. The first-order valence-corrected chi connectivity index (χ1v) is 5.50. The van der Waals surface area contributed by atoms with Gasteiger partial charge in [-0.2, -0.15) is 0 Å². The topological polar surface area (TPSA) is 37.4 Å². The van der Waals surface area contributed by atoms with Crippen molar-refractivity contribution >= 4 is 21.6 Å². The molecule has 0 spiro atoms. The fourth-order valence-corrected chi connectivity index (χ4v) is 1.93. The van der Waals surface area contributed by atoms with Gasteiger partial charge in [0.25, 0.3) is 0 Å². The smallest absolute Gasteiger partial charge is 0.212 e. The molecule has 5 heteroatoms. The molecule has 11 heavy (non-hydrogen) atoms. The summed E-state index contributed by atoms with van der Waals surface area (Å²) in [4.78, 5) is 0. The summed E-state index contributed by atoms with van der Waals surface area (Å²) in [5.74, 6) is 0.528. The Labute approximate surface area is 73.4 Å². The molecular weight excluding hydrogens is 186 g/mol. The number of alkyl halides is 1. The molecule has 0 saturated carbocycles. The molecule has 0 aliphatic rings. The van der Waals surface area contributed by atoms with Crippen LogP contribution in [-0.4, -0.2) is 38.5 Å². The van der Waals surface area contributed by atoms with Crippen LogP contribution in [0.4, 0.5) is 0 Å². The van der Waals surface area contributed by atoms with Gasteiger partial charge in [0, 0.05) is 20.0 Å². The van der Waals surface area contributed by atoms with Crippen LogP contribution in [0.2, 0.25) is 0 Å². The maximum atomic E-state index is 11.2. The third-order valence-corrected chi connectivity index (χ3v) is 3.94. The molecule has 0 rings (SSSR count). The molecule has 0 saturated heterocycles. The molecule has 0 N–H and O–H groups in total. The second kappa shape index (κ2) is 4.28. The van der Waals surface area contributed by atoms with E-state index >= 15 is 0 Å². The average molecular weight is 200 g/mol. The fraction of sp³-hybridized carbons (Fsp3) is 1.00. The van der Waals surface area contributed by atoms with Crippen molar-refractivity contribution in [1.82, 2.24) is 4.31 Å². The van der Waals surface area contributed by atoms with Crippen LogP contribution in [0.5, 0.6) is 0 Å². The molecule has 0 amide bonds. The lowest BCUT2D eigenvalue weighted by Crippen LogP contribution is -2.28. The Hall–Kier alpha value is 0.200. The van der Waals surface area contributed by atoms with Crippen LogP contribution in [0.15, 0.2) is 0 Å². The van der Waals surface area contributed by atoms with E-state index in [0.717, 1.165) is 0 Å². The summed E-state index contributed by atoms with van der Waals surface area (Å²) in [6.07, 6.45) is 0. The van der Waals surface area contributed by atoms with Crippen LogP contribution in [0, 0.1) is 5.92 Å². The summed E-state index contributed by atoms with van der Waals surface area (Å²) in [6, 6.07) is 0. The Morgan fingerprint density at radius 3 is 2.18 bits per heavy atom. The van der Waals surface area contributed by atoms with E-state index in [1.165, 1.54) is 18.4 Å². The normalized spacial score (nSPS) is 15.4. The second-order valence-corrected chi connectivity index (χ2v) is 5.36. The molecule has 68 valence electrons. The maximum absolute atomic E-state index is 11.2. The van der Waals surface area contributed by atoms with Crippen molar-refractivity contribution in [2.75, 3.05) is 25.7 Å². The highest BCUT2D eigenvalue weighted by atomic mass is 35.5. The molecular formula is C6H14ClNO2S. The summed E-state index contributed by atoms with van der Waals surface area (Å²) >= 11 is 5.48. The van der Waals surface area contributed by atoms with Crippen LogP contribution in [0.25, 0.3) is 0 Å². The predicted molar refractivity (Wildman–Crippen MR) is 47.4 cm³/mol. The number of halogens is 1. The van der Waals surface area contributed by atoms with Crippen molar-refractivity contribution in [3.8, 4) is 0 Å². The van der Waals surface area contributed by atoms with Gasteiger partial charge in [-0.15, -0.1) is 11.6 Å². The Bertz CT molecular complexity index is 201. The molecule has 0 aromatic carbocycles. The van der Waals surface area contributed by atoms with Crippen molar-refractivity contribution in [2.24, 2.45) is 5.92 Å². The second-order valence-electron chi connectivity index (χ2n) is 2.82. The molecule has 0 aliphatic heterocycles. The van der Waals surface area contributed by atoms with E-state index in [1.54, 1.807) is 0 Å². The van der Waals surface area contributed by atoms with Gasteiger partial charge >= 0.3 is 0 Å². The highest BCUT2D eigenvalue weighted by Crippen LogP contribution is 2.05. The van der Waals surface area contributed by atoms with E-state index in [0.29, 0.717) is 5.88 Å². The zero-order valence-corrected chi connectivity index (χ0v) is 8.61. The van der Waals surface area contributed by atoms with Crippen molar-refractivity contribution < 1.29 is 8.42 Å². The summed E-state index contributed by atoms with van der Waals surface area (Å²) in [5.41, 5.74) is 0. The molecule has 1 atom stereocenters. The highest BCUT2D eigenvalue weighted by Gasteiger charge is 2.16. The Morgan fingerprint density at radius 1 is 1.45 bits per heavy atom. The van der Waals surface area contributed by atoms with Gasteiger partial charge in [-0.25, -0.2) is 12.7 Å². The van der Waals surface area contributed by atoms with Crippen molar-refractivity contribution in [3.05, 3.63) is 0 Å². The minimum atomic E-state index is -3.06. The van der Waals surface area contributed by atoms with E-state index in [2.05, 4.69) is 0 Å². The lowest BCUT2D eigenvalue weighted by molar-refractivity contribution is 0.510.